The zero-order valence-electron chi connectivity index (χ0n) is 14.1. The average Bonchev–Trinajstić information content (AvgIpc) is 2.57. The Morgan fingerprint density at radius 3 is 2.42 bits per heavy atom. The summed E-state index contributed by atoms with van der Waals surface area (Å²) >= 11 is 0. The molecule has 2 aromatic carbocycles. The van der Waals surface area contributed by atoms with Crippen LogP contribution in [0.5, 0.6) is 0 Å². The molecule has 3 rings (SSSR count). The molecule has 0 amide bonds. The average molecular weight is 366 g/mol. The predicted octanol–water partition coefficient (Wildman–Crippen LogP) is 3.79. The van der Waals surface area contributed by atoms with Gasteiger partial charge in [0.05, 0.1) is 0 Å². The van der Waals surface area contributed by atoms with Gasteiger partial charge in [-0.15, -0.1) is 0 Å². The van der Waals surface area contributed by atoms with Crippen molar-refractivity contribution in [1.82, 2.24) is 0 Å². The maximum atomic E-state index is 14.4. The van der Waals surface area contributed by atoms with Gasteiger partial charge < -0.3 is 10.5 Å². The number of halogens is 4. The van der Waals surface area contributed by atoms with Crippen LogP contribution in [0, 0.1) is 17.5 Å². The number of rotatable bonds is 4. The molecule has 0 radical (unpaired) electrons. The number of aliphatic imine (C=N–C) groups is 1. The van der Waals surface area contributed by atoms with Crippen LogP contribution in [0.15, 0.2) is 41.4 Å². The van der Waals surface area contributed by atoms with Crippen LogP contribution in [0.1, 0.15) is 23.6 Å². The second kappa shape index (κ2) is 6.97. The highest BCUT2D eigenvalue weighted by Crippen LogP contribution is 2.36. The van der Waals surface area contributed by atoms with Crippen molar-refractivity contribution in [2.75, 3.05) is 6.61 Å². The van der Waals surface area contributed by atoms with E-state index in [-0.39, 0.29) is 18.2 Å². The van der Waals surface area contributed by atoms with Gasteiger partial charge in [-0.1, -0.05) is 12.1 Å². The molecule has 1 aliphatic rings. The monoisotopic (exact) mass is 366 g/mol. The Balaban J connectivity index is 1.87. The van der Waals surface area contributed by atoms with Crippen LogP contribution in [0.3, 0.4) is 0 Å². The molecular weight excluding hydrogens is 348 g/mol. The van der Waals surface area contributed by atoms with Gasteiger partial charge >= 0.3 is 0 Å². The van der Waals surface area contributed by atoms with Crippen LogP contribution in [0.25, 0.3) is 0 Å². The quantitative estimate of drug-likeness (QED) is 0.837. The molecule has 3 nitrogen and oxygen atoms in total. The molecule has 0 unspecified atom stereocenters. The predicted molar refractivity (Wildman–Crippen MR) is 90.0 cm³/mol. The lowest BCUT2D eigenvalue weighted by atomic mass is 9.85. The largest absolute Gasteiger partial charge is 0.462 e. The Bertz CT molecular complexity index is 835. The van der Waals surface area contributed by atoms with Crippen molar-refractivity contribution in [3.05, 3.63) is 70.5 Å². The number of hydrogen-bond donors (Lipinski definition) is 1. The Morgan fingerprint density at radius 1 is 1.08 bits per heavy atom. The van der Waals surface area contributed by atoms with Crippen LogP contribution < -0.4 is 5.73 Å². The normalized spacial score (nSPS) is 22.7. The molecule has 1 heterocycles. The molecule has 7 heteroatoms. The molecule has 2 aromatic rings. The molecule has 0 spiro atoms. The van der Waals surface area contributed by atoms with Crippen LogP contribution in [0.4, 0.5) is 17.6 Å². The van der Waals surface area contributed by atoms with Crippen molar-refractivity contribution in [3.63, 3.8) is 0 Å². The zero-order valence-corrected chi connectivity index (χ0v) is 14.1. The van der Waals surface area contributed by atoms with Gasteiger partial charge in [0.2, 0.25) is 0 Å². The molecule has 1 aliphatic heterocycles. The smallest absolute Gasteiger partial charge is 0.283 e. The summed E-state index contributed by atoms with van der Waals surface area (Å²) in [6.45, 7) is 1.15. The first-order valence-corrected chi connectivity index (χ1v) is 8.14. The van der Waals surface area contributed by atoms with Gasteiger partial charge in [-0.05, 0) is 49.1 Å². The first-order valence-electron chi connectivity index (χ1n) is 8.14. The molecule has 0 saturated heterocycles. The lowest BCUT2D eigenvalue weighted by Crippen LogP contribution is -2.43. The highest BCUT2D eigenvalue weighted by Gasteiger charge is 2.42. The van der Waals surface area contributed by atoms with E-state index in [1.807, 2.05) is 0 Å². The highest BCUT2D eigenvalue weighted by molar-refractivity contribution is 5.73. The number of nitrogens with zero attached hydrogens (tertiary/aromatic N) is 1. The Hall–Kier alpha value is -2.57. The van der Waals surface area contributed by atoms with E-state index in [1.54, 1.807) is 6.07 Å². The minimum Gasteiger partial charge on any atom is -0.462 e. The number of benzene rings is 2. The maximum absolute atomic E-state index is 14.4. The molecule has 2 N–H and O–H groups in total. The summed E-state index contributed by atoms with van der Waals surface area (Å²) in [5, 5.41) is 0. The van der Waals surface area contributed by atoms with Gasteiger partial charge in [-0.3, -0.25) is 0 Å². The number of aryl methyl sites for hydroxylation is 2. The molecule has 0 bridgehead atoms. The van der Waals surface area contributed by atoms with E-state index in [4.69, 9.17) is 10.5 Å². The molecule has 26 heavy (non-hydrogen) atoms. The Morgan fingerprint density at radius 2 is 1.73 bits per heavy atom. The number of nitrogens with two attached hydrogens (primary N) is 1. The van der Waals surface area contributed by atoms with Crippen LogP contribution in [0.2, 0.25) is 0 Å². The molecule has 138 valence electrons. The molecule has 2 atom stereocenters. The van der Waals surface area contributed by atoms with Crippen LogP contribution >= 0.6 is 0 Å². The van der Waals surface area contributed by atoms with Crippen molar-refractivity contribution in [3.8, 4) is 0 Å². The number of amidine groups is 1. The summed E-state index contributed by atoms with van der Waals surface area (Å²) in [7, 11) is 0. The van der Waals surface area contributed by atoms with Crippen molar-refractivity contribution in [2.24, 2.45) is 10.7 Å². The van der Waals surface area contributed by atoms with Gasteiger partial charge in [0.25, 0.3) is 6.02 Å². The first-order chi connectivity index (χ1) is 12.3. The minimum absolute atomic E-state index is 0.0687. The summed E-state index contributed by atoms with van der Waals surface area (Å²) in [5.41, 5.74) is 5.28. The third kappa shape index (κ3) is 3.66. The summed E-state index contributed by atoms with van der Waals surface area (Å²) in [5.74, 6) is -1.91. The fourth-order valence-electron chi connectivity index (χ4n) is 3.04. The minimum atomic E-state index is -1.56. The number of alkyl halides is 1. The van der Waals surface area contributed by atoms with Crippen molar-refractivity contribution in [1.29, 1.82) is 0 Å². The van der Waals surface area contributed by atoms with Gasteiger partial charge in [-0.25, -0.2) is 22.6 Å². The summed E-state index contributed by atoms with van der Waals surface area (Å²) in [6.07, 6.45) is -0.806. The molecule has 0 saturated carbocycles. The highest BCUT2D eigenvalue weighted by atomic mass is 19.1. The topological polar surface area (TPSA) is 47.6 Å². The van der Waals surface area contributed by atoms with E-state index in [0.29, 0.717) is 24.0 Å². The van der Waals surface area contributed by atoms with E-state index in [0.717, 1.165) is 6.07 Å². The van der Waals surface area contributed by atoms with Crippen LogP contribution in [-0.4, -0.2) is 18.8 Å². The molecule has 0 aromatic heterocycles. The van der Waals surface area contributed by atoms with E-state index in [1.165, 1.54) is 31.2 Å². The molecule has 0 fully saturated rings. The molecule has 0 aliphatic carbocycles. The van der Waals surface area contributed by atoms with Crippen molar-refractivity contribution in [2.45, 2.75) is 31.5 Å². The van der Waals surface area contributed by atoms with Gasteiger partial charge in [0.1, 0.15) is 29.6 Å². The van der Waals surface area contributed by atoms with Crippen molar-refractivity contribution >= 4 is 6.02 Å². The van der Waals surface area contributed by atoms with Gasteiger partial charge in [-0.2, -0.15) is 0 Å². The van der Waals surface area contributed by atoms with Gasteiger partial charge in [0, 0.05) is 11.6 Å². The fourth-order valence-corrected chi connectivity index (χ4v) is 3.04. The van der Waals surface area contributed by atoms with E-state index < -0.39 is 29.2 Å². The fraction of sp³-hybridized carbons (Fsp3) is 0.316. The second-order valence-electron chi connectivity index (χ2n) is 6.47. The lowest BCUT2D eigenvalue weighted by Gasteiger charge is -2.33. The van der Waals surface area contributed by atoms with E-state index in [9.17, 15) is 17.6 Å². The maximum Gasteiger partial charge on any atom is 0.283 e. The first kappa shape index (κ1) is 18.2. The Kier molecular flexibility index (Phi) is 4.89. The third-order valence-corrected chi connectivity index (χ3v) is 4.53. The van der Waals surface area contributed by atoms with Crippen molar-refractivity contribution < 1.29 is 22.3 Å². The SMILES string of the molecule is C[C@]1(c2cc(CCc3cc(F)cc(F)c3)ccc2F)N=C(N)OC[C@@H]1F. The second-order valence-corrected chi connectivity index (χ2v) is 6.47. The number of ether oxygens (including phenoxy) is 1. The third-order valence-electron chi connectivity index (χ3n) is 4.53. The summed E-state index contributed by atoms with van der Waals surface area (Å²) in [6, 6.07) is 7.40. The zero-order chi connectivity index (χ0) is 18.9. The summed E-state index contributed by atoms with van der Waals surface area (Å²) < 4.78 is 60.2. The summed E-state index contributed by atoms with van der Waals surface area (Å²) in [4.78, 5) is 3.97. The van der Waals surface area contributed by atoms with Crippen LogP contribution in [-0.2, 0) is 23.1 Å². The lowest BCUT2D eigenvalue weighted by molar-refractivity contribution is 0.0923. The standard InChI is InChI=1S/C19H18F4N2O/c1-19(17(23)10-26-18(24)25-19)15-8-11(4-5-16(15)22)2-3-12-6-13(20)9-14(21)7-12/h4-9,17H,2-3,10H2,1H3,(H2,24,25)/t17-,19+/m0/s1. The van der Waals surface area contributed by atoms with E-state index in [2.05, 4.69) is 4.99 Å². The van der Waals surface area contributed by atoms with Gasteiger partial charge in [0.15, 0.2) is 6.17 Å². The molecular formula is C19H18F4N2O. The number of hydrogen-bond acceptors (Lipinski definition) is 3. The Labute approximate surface area is 148 Å². The van der Waals surface area contributed by atoms with E-state index >= 15 is 0 Å².